The van der Waals surface area contributed by atoms with Crippen LogP contribution in [0.15, 0.2) is 66.9 Å². The maximum atomic E-state index is 14.3. The summed E-state index contributed by atoms with van der Waals surface area (Å²) in [5.74, 6) is -0.478. The summed E-state index contributed by atoms with van der Waals surface area (Å²) in [6.45, 7) is 11.2. The summed E-state index contributed by atoms with van der Waals surface area (Å²) in [6, 6.07) is 16.6. The number of esters is 1. The van der Waals surface area contributed by atoms with E-state index in [-0.39, 0.29) is 25.5 Å². The average Bonchev–Trinajstić information content (AvgIpc) is 3.00. The lowest BCUT2D eigenvalue weighted by Gasteiger charge is -2.26. The van der Waals surface area contributed by atoms with Crippen molar-refractivity contribution in [3.8, 4) is 0 Å². The molecule has 6 N–H and O–H groups in total. The van der Waals surface area contributed by atoms with E-state index in [0.29, 0.717) is 40.1 Å². The normalized spacial score (nSPS) is 12.6. The van der Waals surface area contributed by atoms with Crippen molar-refractivity contribution in [1.29, 1.82) is 0 Å². The van der Waals surface area contributed by atoms with E-state index < -0.39 is 29.7 Å². The number of carbonyl (C=O) groups is 3. The predicted molar refractivity (Wildman–Crippen MR) is 188 cm³/mol. The lowest BCUT2D eigenvalue weighted by molar-refractivity contribution is -0.143. The number of amides is 2. The van der Waals surface area contributed by atoms with Crippen LogP contribution in [0, 0.1) is 13.8 Å². The van der Waals surface area contributed by atoms with Crippen LogP contribution in [0.25, 0.3) is 10.8 Å². The number of aromatic nitrogens is 1. The van der Waals surface area contributed by atoms with Gasteiger partial charge in [-0.05, 0) is 118 Å². The van der Waals surface area contributed by atoms with Crippen LogP contribution in [0.5, 0.6) is 0 Å². The van der Waals surface area contributed by atoms with Crippen molar-refractivity contribution in [1.82, 2.24) is 10.3 Å². The molecule has 11 nitrogen and oxygen atoms in total. The molecule has 0 radical (unpaired) electrons. The smallest absolute Gasteiger partial charge is 0.413 e. The quantitative estimate of drug-likeness (QED) is 0.0873. The number of aryl methyl sites for hydroxylation is 2. The van der Waals surface area contributed by atoms with Crippen molar-refractivity contribution in [2.75, 3.05) is 29.6 Å². The Morgan fingerprint density at radius 1 is 0.979 bits per heavy atom. The van der Waals surface area contributed by atoms with Crippen molar-refractivity contribution in [3.05, 3.63) is 94.7 Å². The summed E-state index contributed by atoms with van der Waals surface area (Å²) in [5, 5.41) is 20.2. The van der Waals surface area contributed by atoms with Gasteiger partial charge in [-0.2, -0.15) is 0 Å². The molecule has 1 aromatic heterocycles. The molecular weight excluding hydrogens is 610 g/mol. The molecule has 11 heteroatoms. The van der Waals surface area contributed by atoms with Gasteiger partial charge in [-0.1, -0.05) is 24.3 Å². The lowest BCUT2D eigenvalue weighted by Crippen LogP contribution is -2.37. The molecule has 0 aliphatic heterocycles. The highest BCUT2D eigenvalue weighted by Gasteiger charge is 2.27. The Morgan fingerprint density at radius 2 is 1.71 bits per heavy atom. The van der Waals surface area contributed by atoms with Gasteiger partial charge in [0.1, 0.15) is 17.5 Å². The molecule has 4 aromatic rings. The summed E-state index contributed by atoms with van der Waals surface area (Å²) < 4.78 is 10.6. The average molecular weight is 656 g/mol. The number of anilines is 3. The minimum absolute atomic E-state index is 0.00958. The van der Waals surface area contributed by atoms with E-state index in [4.69, 9.17) is 15.2 Å². The molecular formula is C37H45N5O6. The second kappa shape index (κ2) is 15.6. The topological polar surface area (TPSA) is 165 Å². The zero-order valence-electron chi connectivity index (χ0n) is 28.3. The molecule has 0 bridgehead atoms. The fourth-order valence-corrected chi connectivity index (χ4v) is 5.60. The standard InChI is InChI=1S/C37H45N5O6/c1-7-47-32(44)21-31(25-9-8-10-27(38)19-25)41-35(45)33(26-17-22(2)29(14-16-43)23(3)18-26)40-28-11-12-30-24(20-28)13-15-39-34(30)42-36(46)48-37(4,5)6/h8-13,15,17-20,31,33,40,43H,7,14,16,21,38H2,1-6H3,(H,41,45)(H,39,42,46). The predicted octanol–water partition coefficient (Wildman–Crippen LogP) is 6.28. The van der Waals surface area contributed by atoms with Crippen molar-refractivity contribution in [2.45, 2.75) is 72.1 Å². The van der Waals surface area contributed by atoms with Gasteiger partial charge < -0.3 is 30.9 Å². The number of pyridine rings is 1. The molecule has 0 aliphatic rings. The number of fused-ring (bicyclic) bond motifs is 1. The number of nitrogens with two attached hydrogens (primary N) is 1. The van der Waals surface area contributed by atoms with Crippen LogP contribution in [-0.4, -0.2) is 46.9 Å². The van der Waals surface area contributed by atoms with Gasteiger partial charge in [0.2, 0.25) is 5.91 Å². The van der Waals surface area contributed by atoms with Gasteiger partial charge >= 0.3 is 12.1 Å². The van der Waals surface area contributed by atoms with E-state index in [1.807, 2.05) is 44.2 Å². The van der Waals surface area contributed by atoms with Crippen LogP contribution in [-0.2, 0) is 25.5 Å². The van der Waals surface area contributed by atoms with E-state index in [0.717, 1.165) is 22.1 Å². The number of nitrogens with one attached hydrogen (secondary N) is 3. The Kier molecular flexibility index (Phi) is 11.6. The zero-order valence-corrected chi connectivity index (χ0v) is 28.3. The molecule has 0 fully saturated rings. The third kappa shape index (κ3) is 9.45. The van der Waals surface area contributed by atoms with E-state index in [2.05, 4.69) is 20.9 Å². The fraction of sp³-hybridized carbons (Fsp3) is 0.351. The molecule has 3 aromatic carbocycles. The van der Waals surface area contributed by atoms with Crippen LogP contribution in [0.2, 0.25) is 0 Å². The summed E-state index contributed by atoms with van der Waals surface area (Å²) >= 11 is 0. The van der Waals surface area contributed by atoms with Crippen LogP contribution >= 0.6 is 0 Å². The maximum Gasteiger partial charge on any atom is 0.413 e. The highest BCUT2D eigenvalue weighted by molar-refractivity contribution is 5.99. The first kappa shape index (κ1) is 35.7. The monoisotopic (exact) mass is 655 g/mol. The highest BCUT2D eigenvalue weighted by atomic mass is 16.6. The minimum Gasteiger partial charge on any atom is -0.466 e. The Labute approximate surface area is 281 Å². The molecule has 48 heavy (non-hydrogen) atoms. The number of benzene rings is 3. The van der Waals surface area contributed by atoms with Gasteiger partial charge in [0.25, 0.3) is 0 Å². The van der Waals surface area contributed by atoms with Crippen molar-refractivity contribution >= 4 is 45.9 Å². The summed E-state index contributed by atoms with van der Waals surface area (Å²) in [6.07, 6.45) is 1.38. The highest BCUT2D eigenvalue weighted by Crippen LogP contribution is 2.30. The second-order valence-electron chi connectivity index (χ2n) is 12.6. The van der Waals surface area contributed by atoms with Gasteiger partial charge in [-0.25, -0.2) is 9.78 Å². The van der Waals surface area contributed by atoms with Crippen LogP contribution < -0.4 is 21.7 Å². The van der Waals surface area contributed by atoms with Crippen molar-refractivity contribution < 1.29 is 29.0 Å². The Morgan fingerprint density at radius 3 is 2.35 bits per heavy atom. The minimum atomic E-state index is -0.880. The summed E-state index contributed by atoms with van der Waals surface area (Å²) in [4.78, 5) is 43.7. The molecule has 0 saturated heterocycles. The summed E-state index contributed by atoms with van der Waals surface area (Å²) in [5.41, 5.74) is 10.8. The number of aliphatic hydroxyl groups excluding tert-OH is 1. The molecule has 2 atom stereocenters. The van der Waals surface area contributed by atoms with Crippen LogP contribution in [0.1, 0.15) is 74.0 Å². The third-order valence-corrected chi connectivity index (χ3v) is 7.68. The van der Waals surface area contributed by atoms with Gasteiger partial charge in [0.15, 0.2) is 0 Å². The van der Waals surface area contributed by atoms with E-state index in [1.54, 1.807) is 64.2 Å². The number of hydrogen-bond donors (Lipinski definition) is 5. The van der Waals surface area contributed by atoms with Crippen molar-refractivity contribution in [2.24, 2.45) is 0 Å². The van der Waals surface area contributed by atoms with Gasteiger partial charge in [0.05, 0.1) is 19.1 Å². The lowest BCUT2D eigenvalue weighted by atomic mass is 9.93. The van der Waals surface area contributed by atoms with Gasteiger partial charge in [0, 0.05) is 29.6 Å². The fourth-order valence-electron chi connectivity index (χ4n) is 5.60. The van der Waals surface area contributed by atoms with Crippen molar-refractivity contribution in [3.63, 3.8) is 0 Å². The van der Waals surface area contributed by atoms with E-state index in [9.17, 15) is 19.5 Å². The van der Waals surface area contributed by atoms with Crippen LogP contribution in [0.4, 0.5) is 22.0 Å². The molecule has 2 amide bonds. The Bertz CT molecular complexity index is 1760. The first-order chi connectivity index (χ1) is 22.8. The second-order valence-corrected chi connectivity index (χ2v) is 12.6. The first-order valence-electron chi connectivity index (χ1n) is 16.0. The largest absolute Gasteiger partial charge is 0.466 e. The first-order valence-corrected chi connectivity index (χ1v) is 16.0. The number of nitrogens with zero attached hydrogens (tertiary/aromatic N) is 1. The third-order valence-electron chi connectivity index (χ3n) is 7.68. The van der Waals surface area contributed by atoms with E-state index >= 15 is 0 Å². The van der Waals surface area contributed by atoms with Gasteiger partial charge in [-0.3, -0.25) is 14.9 Å². The number of hydrogen-bond acceptors (Lipinski definition) is 9. The van der Waals surface area contributed by atoms with Gasteiger partial charge in [-0.15, -0.1) is 0 Å². The molecule has 254 valence electrons. The number of ether oxygens (including phenoxy) is 2. The molecule has 0 aliphatic carbocycles. The SMILES string of the molecule is CCOC(=O)CC(NC(=O)C(Nc1ccc2c(NC(=O)OC(C)(C)C)nccc2c1)c1cc(C)c(CCO)c(C)c1)c1cccc(N)c1. The number of rotatable bonds is 12. The zero-order chi connectivity index (χ0) is 35.0. The number of carbonyl (C=O) groups excluding carboxylic acids is 3. The molecule has 2 unspecified atom stereocenters. The Hall–Kier alpha value is -5.16. The molecule has 1 heterocycles. The number of nitrogen functional groups attached to an aromatic ring is 1. The number of aliphatic hydroxyl groups is 1. The Balaban J connectivity index is 1.71. The maximum absolute atomic E-state index is 14.3. The molecule has 0 saturated carbocycles. The van der Waals surface area contributed by atoms with Crippen LogP contribution in [0.3, 0.4) is 0 Å². The summed E-state index contributed by atoms with van der Waals surface area (Å²) in [7, 11) is 0. The molecule has 4 rings (SSSR count). The molecule has 0 spiro atoms. The van der Waals surface area contributed by atoms with E-state index in [1.165, 1.54) is 0 Å².